The predicted octanol–water partition coefficient (Wildman–Crippen LogP) is 0.783. The summed E-state index contributed by atoms with van der Waals surface area (Å²) >= 11 is 0. The monoisotopic (exact) mass is 486 g/mol. The maximum Gasteiger partial charge on any atom is 0.275 e. The Balaban J connectivity index is 1.67. The molecular weight excluding hydrogens is 460 g/mol. The molecule has 34 heavy (non-hydrogen) atoms. The van der Waals surface area contributed by atoms with E-state index in [9.17, 15) is 18.0 Å². The van der Waals surface area contributed by atoms with Crippen LogP contribution in [-0.2, 0) is 32.0 Å². The zero-order valence-electron chi connectivity index (χ0n) is 18.5. The fourth-order valence-electron chi connectivity index (χ4n) is 3.27. The molecular formula is C22H26N6O5S. The zero-order valence-corrected chi connectivity index (χ0v) is 19.3. The number of amides is 1. The summed E-state index contributed by atoms with van der Waals surface area (Å²) in [6.45, 7) is 1.51. The molecule has 1 amide bonds. The van der Waals surface area contributed by atoms with Gasteiger partial charge in [0.25, 0.3) is 5.56 Å². The van der Waals surface area contributed by atoms with Crippen LogP contribution in [0.5, 0.6) is 0 Å². The Morgan fingerprint density at radius 3 is 2.59 bits per heavy atom. The standard InChI is InChI=1S/C22H26N6O5S/c1-15-6-9-19(21(30)28(15)13-20(29)25-10-11-33-26-22(23)24)27-34(31,32)14-16-7-8-17-4-2-3-5-18(17)12-16/h2-9,12,27H,10-11,13-14H2,1H3,(H,25,29)(H4,23,24,26). The van der Waals surface area contributed by atoms with Gasteiger partial charge in [0.05, 0.1) is 12.4 Å². The number of nitrogens with two attached hydrogens (primary N) is 1. The lowest BCUT2D eigenvalue weighted by Crippen LogP contribution is -2.37. The first-order valence-corrected chi connectivity index (χ1v) is 12.0. The van der Waals surface area contributed by atoms with Crippen LogP contribution in [0.4, 0.5) is 5.69 Å². The van der Waals surface area contributed by atoms with Crippen molar-refractivity contribution in [3.63, 3.8) is 0 Å². The number of nitrogens with one attached hydrogen (secondary N) is 4. The summed E-state index contributed by atoms with van der Waals surface area (Å²) in [7, 11) is -3.88. The second kappa shape index (κ2) is 10.8. The van der Waals surface area contributed by atoms with Crippen molar-refractivity contribution in [2.45, 2.75) is 19.2 Å². The summed E-state index contributed by atoms with van der Waals surface area (Å²) in [5, 5.41) is 11.4. The maximum absolute atomic E-state index is 12.9. The van der Waals surface area contributed by atoms with Crippen LogP contribution < -0.4 is 26.8 Å². The molecule has 6 N–H and O–H groups in total. The number of hydrogen-bond donors (Lipinski definition) is 5. The van der Waals surface area contributed by atoms with Gasteiger partial charge in [0, 0.05) is 12.2 Å². The van der Waals surface area contributed by atoms with Crippen molar-refractivity contribution in [3.05, 3.63) is 76.2 Å². The number of carbonyl (C=O) groups excluding carboxylic acids is 1. The minimum absolute atomic E-state index is 0.0494. The molecule has 2 aromatic carbocycles. The van der Waals surface area contributed by atoms with Crippen LogP contribution in [0.1, 0.15) is 11.3 Å². The fraction of sp³-hybridized carbons (Fsp3) is 0.227. The number of sulfonamides is 1. The summed E-state index contributed by atoms with van der Waals surface area (Å²) in [6, 6.07) is 15.9. The number of anilines is 1. The molecule has 0 aliphatic carbocycles. The van der Waals surface area contributed by atoms with Gasteiger partial charge in [0.1, 0.15) is 12.2 Å². The molecule has 0 saturated carbocycles. The van der Waals surface area contributed by atoms with Crippen molar-refractivity contribution in [3.8, 4) is 0 Å². The second-order valence-corrected chi connectivity index (χ2v) is 9.26. The Hall–Kier alpha value is -3.90. The van der Waals surface area contributed by atoms with Crippen molar-refractivity contribution in [1.29, 1.82) is 5.41 Å². The average Bonchev–Trinajstić information content (AvgIpc) is 2.77. The van der Waals surface area contributed by atoms with Crippen LogP contribution in [0.3, 0.4) is 0 Å². The maximum atomic E-state index is 12.9. The van der Waals surface area contributed by atoms with Crippen molar-refractivity contribution in [2.75, 3.05) is 17.9 Å². The summed E-state index contributed by atoms with van der Waals surface area (Å²) in [6.07, 6.45) is 0. The molecule has 0 unspecified atom stereocenters. The summed E-state index contributed by atoms with van der Waals surface area (Å²) in [4.78, 5) is 29.9. The van der Waals surface area contributed by atoms with Crippen LogP contribution in [0.2, 0.25) is 0 Å². The van der Waals surface area contributed by atoms with Gasteiger partial charge in [-0.05, 0) is 35.4 Å². The molecule has 0 saturated heterocycles. The SMILES string of the molecule is Cc1ccc(NS(=O)(=O)Cc2ccc3ccccc3c2)c(=O)n1CC(=O)NCCONC(=N)N. The number of benzene rings is 2. The van der Waals surface area contributed by atoms with E-state index in [-0.39, 0.29) is 37.1 Å². The molecule has 3 aromatic rings. The number of guanidine groups is 1. The molecule has 0 spiro atoms. The van der Waals surface area contributed by atoms with E-state index >= 15 is 0 Å². The number of pyridine rings is 1. The Bertz CT molecular complexity index is 1370. The molecule has 0 bridgehead atoms. The first kappa shape index (κ1) is 24.7. The average molecular weight is 487 g/mol. The lowest BCUT2D eigenvalue weighted by atomic mass is 10.1. The Morgan fingerprint density at radius 1 is 1.12 bits per heavy atom. The lowest BCUT2D eigenvalue weighted by molar-refractivity contribution is -0.122. The van der Waals surface area contributed by atoms with E-state index in [0.717, 1.165) is 10.8 Å². The molecule has 180 valence electrons. The van der Waals surface area contributed by atoms with Crippen LogP contribution in [0.15, 0.2) is 59.4 Å². The van der Waals surface area contributed by atoms with Crippen LogP contribution in [0, 0.1) is 12.3 Å². The second-order valence-electron chi connectivity index (χ2n) is 7.54. The largest absolute Gasteiger partial charge is 0.368 e. The van der Waals surface area contributed by atoms with Gasteiger partial charge in [-0.25, -0.2) is 13.9 Å². The number of nitrogens with zero attached hydrogens (tertiary/aromatic N) is 1. The van der Waals surface area contributed by atoms with E-state index in [4.69, 9.17) is 16.0 Å². The highest BCUT2D eigenvalue weighted by Crippen LogP contribution is 2.18. The Kier molecular flexibility index (Phi) is 7.87. The van der Waals surface area contributed by atoms with Gasteiger partial charge in [-0.2, -0.15) is 0 Å². The smallest absolute Gasteiger partial charge is 0.275 e. The summed E-state index contributed by atoms with van der Waals surface area (Å²) < 4.78 is 29.0. The van der Waals surface area contributed by atoms with E-state index in [2.05, 4.69) is 15.5 Å². The van der Waals surface area contributed by atoms with Crippen LogP contribution >= 0.6 is 0 Å². The molecule has 0 fully saturated rings. The molecule has 0 atom stereocenters. The highest BCUT2D eigenvalue weighted by Gasteiger charge is 2.17. The zero-order chi connectivity index (χ0) is 24.7. The first-order valence-electron chi connectivity index (χ1n) is 10.3. The number of fused-ring (bicyclic) bond motifs is 1. The van der Waals surface area contributed by atoms with E-state index < -0.39 is 21.5 Å². The van der Waals surface area contributed by atoms with Crippen molar-refractivity contribution < 1.29 is 18.0 Å². The number of hydrogen-bond acceptors (Lipinski definition) is 6. The van der Waals surface area contributed by atoms with Crippen molar-refractivity contribution in [2.24, 2.45) is 5.73 Å². The number of aryl methyl sites for hydroxylation is 1. The number of hydroxylamine groups is 1. The quantitative estimate of drug-likeness (QED) is 0.122. The van der Waals surface area contributed by atoms with E-state index in [0.29, 0.717) is 11.3 Å². The predicted molar refractivity (Wildman–Crippen MR) is 130 cm³/mol. The number of rotatable bonds is 10. The van der Waals surface area contributed by atoms with E-state index in [1.54, 1.807) is 25.1 Å². The van der Waals surface area contributed by atoms with Crippen LogP contribution in [0.25, 0.3) is 10.8 Å². The molecule has 11 nitrogen and oxygen atoms in total. The summed E-state index contributed by atoms with van der Waals surface area (Å²) in [5.74, 6) is -1.14. The normalized spacial score (nSPS) is 11.2. The molecule has 0 radical (unpaired) electrons. The van der Waals surface area contributed by atoms with Crippen molar-refractivity contribution in [1.82, 2.24) is 15.4 Å². The van der Waals surface area contributed by atoms with E-state index in [1.165, 1.54) is 10.6 Å². The van der Waals surface area contributed by atoms with Gasteiger partial charge >= 0.3 is 0 Å². The third-order valence-electron chi connectivity index (χ3n) is 4.84. The van der Waals surface area contributed by atoms with Gasteiger partial charge in [-0.15, -0.1) is 0 Å². The van der Waals surface area contributed by atoms with Crippen molar-refractivity contribution >= 4 is 38.3 Å². The van der Waals surface area contributed by atoms with Gasteiger partial charge in [-0.1, -0.05) is 42.5 Å². The molecule has 0 aliphatic rings. The summed E-state index contributed by atoms with van der Waals surface area (Å²) in [5.41, 5.74) is 7.50. The van der Waals surface area contributed by atoms with Gasteiger partial charge in [-0.3, -0.25) is 24.6 Å². The molecule has 12 heteroatoms. The first-order chi connectivity index (χ1) is 16.1. The number of aromatic nitrogens is 1. The van der Waals surface area contributed by atoms with Gasteiger partial charge in [0.15, 0.2) is 0 Å². The Morgan fingerprint density at radius 2 is 1.85 bits per heavy atom. The van der Waals surface area contributed by atoms with E-state index in [1.807, 2.05) is 30.3 Å². The third kappa shape index (κ3) is 6.80. The molecule has 1 aromatic heterocycles. The lowest BCUT2D eigenvalue weighted by Gasteiger charge is -2.14. The van der Waals surface area contributed by atoms with Gasteiger partial charge in [0.2, 0.25) is 21.9 Å². The molecule has 1 heterocycles. The number of carbonyl (C=O) groups is 1. The third-order valence-corrected chi connectivity index (χ3v) is 6.08. The minimum atomic E-state index is -3.88. The minimum Gasteiger partial charge on any atom is -0.368 e. The highest BCUT2D eigenvalue weighted by atomic mass is 32.2. The van der Waals surface area contributed by atoms with Gasteiger partial charge < -0.3 is 15.6 Å². The Labute approximate surface area is 196 Å². The van der Waals surface area contributed by atoms with Crippen LogP contribution in [-0.4, -0.2) is 38.0 Å². The molecule has 3 rings (SSSR count). The topological polar surface area (TPSA) is 168 Å². The molecule has 0 aliphatic heterocycles. The fourth-order valence-corrected chi connectivity index (χ4v) is 4.45. The highest BCUT2D eigenvalue weighted by molar-refractivity contribution is 7.91.